The number of aryl methyl sites for hydroxylation is 1. The van der Waals surface area contributed by atoms with Crippen LogP contribution in [0.5, 0.6) is 0 Å². The Bertz CT molecular complexity index is 1410. The molecule has 0 aliphatic heterocycles. The first kappa shape index (κ1) is 21.9. The molecule has 0 saturated heterocycles. The monoisotopic (exact) mass is 465 g/mol. The number of aromatic nitrogens is 4. The first-order valence-corrected chi connectivity index (χ1v) is 12.1. The van der Waals surface area contributed by atoms with E-state index in [0.717, 1.165) is 28.9 Å². The van der Waals surface area contributed by atoms with Gasteiger partial charge in [0.15, 0.2) is 5.65 Å². The highest BCUT2D eigenvalue weighted by Gasteiger charge is 2.12. The number of amides is 1. The summed E-state index contributed by atoms with van der Waals surface area (Å²) in [5.41, 5.74) is 6.81. The zero-order valence-electron chi connectivity index (χ0n) is 18.7. The second-order valence-corrected chi connectivity index (χ2v) is 8.74. The van der Waals surface area contributed by atoms with Crippen molar-refractivity contribution in [3.63, 3.8) is 0 Å². The summed E-state index contributed by atoms with van der Waals surface area (Å²) in [6, 6.07) is 30.3. The second-order valence-electron chi connectivity index (χ2n) is 7.80. The van der Waals surface area contributed by atoms with Gasteiger partial charge in [-0.3, -0.25) is 4.79 Å². The average Bonchev–Trinajstić information content (AvgIpc) is 3.31. The fraction of sp³-hybridized carbons (Fsp3) is 0.111. The summed E-state index contributed by atoms with van der Waals surface area (Å²) in [4.78, 5) is 12.4. The van der Waals surface area contributed by atoms with E-state index in [-0.39, 0.29) is 11.7 Å². The van der Waals surface area contributed by atoms with Gasteiger partial charge in [-0.15, -0.1) is 10.2 Å². The molecule has 0 spiro atoms. The van der Waals surface area contributed by atoms with Gasteiger partial charge >= 0.3 is 0 Å². The van der Waals surface area contributed by atoms with Gasteiger partial charge in [-0.2, -0.15) is 9.61 Å². The van der Waals surface area contributed by atoms with Gasteiger partial charge in [0.2, 0.25) is 11.1 Å². The summed E-state index contributed by atoms with van der Waals surface area (Å²) in [6.45, 7) is 2.10. The maximum atomic E-state index is 12.4. The Morgan fingerprint density at radius 3 is 2.26 bits per heavy atom. The van der Waals surface area contributed by atoms with Crippen molar-refractivity contribution in [3.8, 4) is 22.4 Å². The van der Waals surface area contributed by atoms with Crippen LogP contribution in [0.2, 0.25) is 0 Å². The molecule has 1 amide bonds. The lowest BCUT2D eigenvalue weighted by molar-refractivity contribution is -0.113. The summed E-state index contributed by atoms with van der Waals surface area (Å²) >= 11 is 1.31. The van der Waals surface area contributed by atoms with E-state index >= 15 is 0 Å². The fourth-order valence-electron chi connectivity index (χ4n) is 3.63. The molecular formula is C27H23N5OS. The van der Waals surface area contributed by atoms with E-state index in [9.17, 15) is 4.79 Å². The van der Waals surface area contributed by atoms with E-state index in [2.05, 4.69) is 58.8 Å². The van der Waals surface area contributed by atoms with Crippen molar-refractivity contribution in [3.05, 3.63) is 96.6 Å². The number of carbonyl (C=O) groups is 1. The van der Waals surface area contributed by atoms with Crippen LogP contribution in [0.3, 0.4) is 0 Å². The smallest absolute Gasteiger partial charge is 0.234 e. The first-order valence-electron chi connectivity index (χ1n) is 11.1. The number of nitrogens with zero attached hydrogens (tertiary/aromatic N) is 4. The Hall–Kier alpha value is -3.97. The molecule has 0 atom stereocenters. The van der Waals surface area contributed by atoms with Crippen LogP contribution in [0.4, 0.5) is 5.69 Å². The molecule has 5 rings (SSSR count). The predicted molar refractivity (Wildman–Crippen MR) is 137 cm³/mol. The highest BCUT2D eigenvalue weighted by molar-refractivity contribution is 7.99. The van der Waals surface area contributed by atoms with Crippen molar-refractivity contribution >= 4 is 29.0 Å². The molecule has 3 aromatic carbocycles. The topological polar surface area (TPSA) is 72.2 Å². The van der Waals surface area contributed by atoms with E-state index in [4.69, 9.17) is 5.10 Å². The van der Waals surface area contributed by atoms with Crippen molar-refractivity contribution in [2.45, 2.75) is 18.5 Å². The van der Waals surface area contributed by atoms with Crippen LogP contribution >= 0.6 is 11.8 Å². The Morgan fingerprint density at radius 1 is 0.824 bits per heavy atom. The highest BCUT2D eigenvalue weighted by atomic mass is 32.2. The largest absolute Gasteiger partial charge is 0.325 e. The molecule has 0 unspecified atom stereocenters. The second kappa shape index (κ2) is 9.89. The third kappa shape index (κ3) is 4.84. The summed E-state index contributed by atoms with van der Waals surface area (Å²) < 4.78 is 1.69. The van der Waals surface area contributed by atoms with E-state index in [1.807, 2.05) is 54.6 Å². The van der Waals surface area contributed by atoms with Gasteiger partial charge in [0.25, 0.3) is 0 Å². The Balaban J connectivity index is 1.29. The molecule has 0 aliphatic carbocycles. The molecule has 0 fully saturated rings. The average molecular weight is 466 g/mol. The molecule has 6 nitrogen and oxygen atoms in total. The highest BCUT2D eigenvalue weighted by Crippen LogP contribution is 2.25. The lowest BCUT2D eigenvalue weighted by atomic mass is 10.0. The zero-order chi connectivity index (χ0) is 23.3. The summed E-state index contributed by atoms with van der Waals surface area (Å²) in [5, 5.41) is 16.6. The van der Waals surface area contributed by atoms with Crippen LogP contribution in [0.25, 0.3) is 28.0 Å². The number of nitrogens with one attached hydrogen (secondary N) is 1. The molecule has 7 heteroatoms. The van der Waals surface area contributed by atoms with E-state index < -0.39 is 0 Å². The molecule has 0 bridgehead atoms. The Labute approximate surface area is 202 Å². The van der Waals surface area contributed by atoms with Crippen LogP contribution in [-0.4, -0.2) is 31.5 Å². The number of fused-ring (bicyclic) bond motifs is 1. The number of rotatable bonds is 7. The van der Waals surface area contributed by atoms with Crippen LogP contribution in [-0.2, 0) is 11.2 Å². The predicted octanol–water partition coefficient (Wildman–Crippen LogP) is 5.75. The number of hydrogen-bond acceptors (Lipinski definition) is 5. The molecule has 2 aromatic heterocycles. The number of benzene rings is 3. The lowest BCUT2D eigenvalue weighted by Crippen LogP contribution is -2.14. The standard InChI is InChI=1S/C27H23N5OS/c1-2-19-8-14-23(15-9-19)28-26(33)18-34-27-30-29-25-17-16-24(31-32(25)27)22-12-10-21(11-13-22)20-6-4-3-5-7-20/h3-17H,2,18H2,1H3,(H,28,33). The maximum absolute atomic E-state index is 12.4. The van der Waals surface area contributed by atoms with Gasteiger partial charge in [0.05, 0.1) is 11.4 Å². The Morgan fingerprint density at radius 2 is 1.53 bits per heavy atom. The van der Waals surface area contributed by atoms with E-state index in [0.29, 0.717) is 10.8 Å². The minimum Gasteiger partial charge on any atom is -0.325 e. The van der Waals surface area contributed by atoms with Crippen LogP contribution < -0.4 is 5.32 Å². The molecule has 0 radical (unpaired) electrons. The zero-order valence-corrected chi connectivity index (χ0v) is 19.5. The summed E-state index contributed by atoms with van der Waals surface area (Å²) in [5.74, 6) is 0.118. The van der Waals surface area contributed by atoms with Gasteiger partial charge in [-0.25, -0.2) is 0 Å². The lowest BCUT2D eigenvalue weighted by Gasteiger charge is -2.06. The third-order valence-electron chi connectivity index (χ3n) is 5.50. The summed E-state index contributed by atoms with van der Waals surface area (Å²) in [6.07, 6.45) is 0.968. The van der Waals surface area contributed by atoms with Crippen LogP contribution in [0.15, 0.2) is 96.2 Å². The number of thioether (sulfide) groups is 1. The molecule has 0 saturated carbocycles. The molecule has 1 N–H and O–H groups in total. The normalized spacial score (nSPS) is 11.0. The van der Waals surface area contributed by atoms with Gasteiger partial charge in [-0.05, 0) is 47.4 Å². The molecule has 34 heavy (non-hydrogen) atoms. The summed E-state index contributed by atoms with van der Waals surface area (Å²) in [7, 11) is 0. The molecule has 5 aromatic rings. The molecule has 168 valence electrons. The molecule has 0 aliphatic rings. The van der Waals surface area contributed by atoms with Gasteiger partial charge in [0, 0.05) is 11.3 Å². The fourth-order valence-corrected chi connectivity index (χ4v) is 4.32. The van der Waals surface area contributed by atoms with Crippen LogP contribution in [0, 0.1) is 0 Å². The minimum atomic E-state index is -0.0985. The Kier molecular flexibility index (Phi) is 6.35. The minimum absolute atomic E-state index is 0.0985. The number of hydrogen-bond donors (Lipinski definition) is 1. The van der Waals surface area contributed by atoms with Crippen molar-refractivity contribution in [1.29, 1.82) is 0 Å². The van der Waals surface area contributed by atoms with E-state index in [1.54, 1.807) is 4.52 Å². The first-order chi connectivity index (χ1) is 16.7. The third-order valence-corrected chi connectivity index (χ3v) is 6.42. The number of anilines is 1. The van der Waals surface area contributed by atoms with Crippen molar-refractivity contribution in [2.24, 2.45) is 0 Å². The van der Waals surface area contributed by atoms with Gasteiger partial charge in [-0.1, -0.05) is 85.4 Å². The van der Waals surface area contributed by atoms with Crippen molar-refractivity contribution < 1.29 is 4.79 Å². The van der Waals surface area contributed by atoms with E-state index in [1.165, 1.54) is 22.9 Å². The maximum Gasteiger partial charge on any atom is 0.234 e. The quantitative estimate of drug-likeness (QED) is 0.310. The van der Waals surface area contributed by atoms with Crippen molar-refractivity contribution in [1.82, 2.24) is 19.8 Å². The number of carbonyl (C=O) groups excluding carboxylic acids is 1. The van der Waals surface area contributed by atoms with Crippen molar-refractivity contribution in [2.75, 3.05) is 11.1 Å². The molecule has 2 heterocycles. The SMILES string of the molecule is CCc1ccc(NC(=O)CSc2nnc3ccc(-c4ccc(-c5ccccc5)cc4)nn23)cc1. The van der Waals surface area contributed by atoms with Gasteiger partial charge < -0.3 is 5.32 Å². The molecular weight excluding hydrogens is 442 g/mol. The van der Waals surface area contributed by atoms with Gasteiger partial charge in [0.1, 0.15) is 0 Å². The van der Waals surface area contributed by atoms with Crippen LogP contribution in [0.1, 0.15) is 12.5 Å².